The van der Waals surface area contributed by atoms with Gasteiger partial charge in [0.15, 0.2) is 0 Å². The zero-order valence-electron chi connectivity index (χ0n) is 22.1. The van der Waals surface area contributed by atoms with Crippen molar-refractivity contribution in [1.29, 1.82) is 0 Å². The van der Waals surface area contributed by atoms with Crippen LogP contribution in [0.15, 0.2) is 78.9 Å². The molecule has 38 heavy (non-hydrogen) atoms. The van der Waals surface area contributed by atoms with E-state index in [1.807, 2.05) is 92.7 Å². The predicted octanol–water partition coefficient (Wildman–Crippen LogP) is 4.83. The number of para-hydroxylation sites is 1. The number of hydrogen-bond donors (Lipinski definition) is 2. The fourth-order valence-corrected chi connectivity index (χ4v) is 4.62. The Kier molecular flexibility index (Phi) is 9.38. The summed E-state index contributed by atoms with van der Waals surface area (Å²) >= 11 is 0. The number of ether oxygens (including phenoxy) is 2. The summed E-state index contributed by atoms with van der Waals surface area (Å²) in [6, 6.07) is 23.8. The molecule has 0 aromatic heterocycles. The lowest BCUT2D eigenvalue weighted by atomic mass is 9.97. The molecule has 0 spiro atoms. The molecule has 7 heteroatoms. The van der Waals surface area contributed by atoms with Gasteiger partial charge in [-0.2, -0.15) is 0 Å². The van der Waals surface area contributed by atoms with E-state index in [2.05, 4.69) is 5.32 Å². The first kappa shape index (κ1) is 27.2. The van der Waals surface area contributed by atoms with Crippen LogP contribution >= 0.6 is 0 Å². The topological polar surface area (TPSA) is 93.9 Å². The summed E-state index contributed by atoms with van der Waals surface area (Å²) in [7, 11) is 0. The van der Waals surface area contributed by atoms with E-state index in [0.717, 1.165) is 35.5 Å². The lowest BCUT2D eigenvalue weighted by Crippen LogP contribution is -2.63. The van der Waals surface area contributed by atoms with Crippen molar-refractivity contribution in [2.75, 3.05) is 6.54 Å². The van der Waals surface area contributed by atoms with E-state index in [4.69, 9.17) is 15.2 Å². The second kappa shape index (κ2) is 13.1. The number of benzene rings is 3. The average Bonchev–Trinajstić information content (AvgIpc) is 2.91. The highest BCUT2D eigenvalue weighted by atomic mass is 16.5. The Morgan fingerprint density at radius 3 is 2.13 bits per heavy atom. The number of unbranched alkanes of at least 4 members (excludes halogenated alkanes) is 1. The number of rotatable bonds is 12. The molecule has 1 aliphatic heterocycles. The lowest BCUT2D eigenvalue weighted by molar-refractivity contribution is -0.150. The molecule has 2 amide bonds. The van der Waals surface area contributed by atoms with Gasteiger partial charge in [-0.25, -0.2) is 0 Å². The van der Waals surface area contributed by atoms with Gasteiger partial charge in [0.25, 0.3) is 0 Å². The van der Waals surface area contributed by atoms with Crippen LogP contribution in [0.3, 0.4) is 0 Å². The van der Waals surface area contributed by atoms with E-state index >= 15 is 0 Å². The summed E-state index contributed by atoms with van der Waals surface area (Å²) < 4.78 is 11.6. The standard InChI is InChI=1S/C31H37N3O4/c1-22(2)37-26-15-11-23(12-16-26)20-28-31(36)34(29(30(35)33-28)10-6-7-19-32)21-24-13-17-27(18-14-24)38-25-8-4-3-5-9-25/h3-5,8-9,11-18,22,28-29H,6-7,10,19-21,32H2,1-2H3,(H,33,35)/t28-,29-/m0/s1. The highest BCUT2D eigenvalue weighted by molar-refractivity contribution is 5.97. The minimum Gasteiger partial charge on any atom is -0.491 e. The number of nitrogens with zero attached hydrogens (tertiary/aromatic N) is 1. The smallest absolute Gasteiger partial charge is 0.246 e. The molecule has 1 heterocycles. The third kappa shape index (κ3) is 7.35. The second-order valence-corrected chi connectivity index (χ2v) is 9.90. The molecule has 4 rings (SSSR count). The molecular weight excluding hydrogens is 478 g/mol. The monoisotopic (exact) mass is 515 g/mol. The highest BCUT2D eigenvalue weighted by Crippen LogP contribution is 2.25. The van der Waals surface area contributed by atoms with Crippen molar-refractivity contribution in [2.24, 2.45) is 5.73 Å². The Morgan fingerprint density at radius 2 is 1.47 bits per heavy atom. The molecule has 1 fully saturated rings. The first-order valence-corrected chi connectivity index (χ1v) is 13.3. The molecule has 2 atom stereocenters. The van der Waals surface area contributed by atoms with Crippen LogP contribution in [0.4, 0.5) is 0 Å². The fraction of sp³-hybridized carbons (Fsp3) is 0.355. The minimum atomic E-state index is -0.620. The maximum absolute atomic E-state index is 13.7. The predicted molar refractivity (Wildman–Crippen MR) is 148 cm³/mol. The molecule has 0 saturated carbocycles. The average molecular weight is 516 g/mol. The number of nitrogens with one attached hydrogen (secondary N) is 1. The zero-order valence-corrected chi connectivity index (χ0v) is 22.1. The van der Waals surface area contributed by atoms with Crippen LogP contribution in [-0.2, 0) is 22.6 Å². The van der Waals surface area contributed by atoms with Crippen LogP contribution in [0.25, 0.3) is 0 Å². The number of carbonyl (C=O) groups excluding carboxylic acids is 2. The summed E-state index contributed by atoms with van der Waals surface area (Å²) in [5, 5.41) is 2.98. The molecule has 7 nitrogen and oxygen atoms in total. The van der Waals surface area contributed by atoms with Crippen molar-refractivity contribution < 1.29 is 19.1 Å². The van der Waals surface area contributed by atoms with Gasteiger partial charge in [0.1, 0.15) is 29.3 Å². The quantitative estimate of drug-likeness (QED) is 0.337. The van der Waals surface area contributed by atoms with Gasteiger partial charge < -0.3 is 25.4 Å². The van der Waals surface area contributed by atoms with Crippen LogP contribution in [-0.4, -0.2) is 41.4 Å². The van der Waals surface area contributed by atoms with Gasteiger partial charge in [0.05, 0.1) is 6.10 Å². The highest BCUT2D eigenvalue weighted by Gasteiger charge is 2.40. The zero-order chi connectivity index (χ0) is 26.9. The minimum absolute atomic E-state index is 0.0746. The number of amides is 2. The molecule has 0 aliphatic carbocycles. The van der Waals surface area contributed by atoms with Gasteiger partial charge in [-0.05, 0) is 87.2 Å². The van der Waals surface area contributed by atoms with Crippen molar-refractivity contribution in [3.63, 3.8) is 0 Å². The van der Waals surface area contributed by atoms with Crippen molar-refractivity contribution in [2.45, 2.75) is 64.3 Å². The Bertz CT molecular complexity index is 1180. The summed E-state index contributed by atoms with van der Waals surface area (Å²) in [5.41, 5.74) is 7.57. The summed E-state index contributed by atoms with van der Waals surface area (Å²) in [6.45, 7) is 4.87. The lowest BCUT2D eigenvalue weighted by Gasteiger charge is -2.39. The fourth-order valence-electron chi connectivity index (χ4n) is 4.62. The number of carbonyl (C=O) groups is 2. The van der Waals surface area contributed by atoms with Crippen LogP contribution in [0, 0.1) is 0 Å². The summed E-state index contributed by atoms with van der Waals surface area (Å²) in [6.07, 6.45) is 2.68. The maximum Gasteiger partial charge on any atom is 0.246 e. The van der Waals surface area contributed by atoms with Gasteiger partial charge in [-0.3, -0.25) is 9.59 Å². The SMILES string of the molecule is CC(C)Oc1ccc(C[C@@H]2NC(=O)[C@H](CCCCN)N(Cc3ccc(Oc4ccccc4)cc3)C2=O)cc1. The van der Waals surface area contributed by atoms with E-state index < -0.39 is 12.1 Å². The van der Waals surface area contributed by atoms with E-state index in [9.17, 15) is 9.59 Å². The van der Waals surface area contributed by atoms with Crippen molar-refractivity contribution in [1.82, 2.24) is 10.2 Å². The Balaban J connectivity index is 1.47. The van der Waals surface area contributed by atoms with E-state index in [1.165, 1.54) is 0 Å². The molecule has 1 saturated heterocycles. The van der Waals surface area contributed by atoms with Gasteiger partial charge in [0.2, 0.25) is 11.8 Å². The third-order valence-corrected chi connectivity index (χ3v) is 6.50. The molecule has 3 aromatic carbocycles. The van der Waals surface area contributed by atoms with Crippen molar-refractivity contribution in [3.8, 4) is 17.2 Å². The third-order valence-electron chi connectivity index (χ3n) is 6.50. The number of piperazine rings is 1. The Hall–Kier alpha value is -3.84. The Morgan fingerprint density at radius 1 is 0.842 bits per heavy atom. The summed E-state index contributed by atoms with van der Waals surface area (Å²) in [5.74, 6) is 2.06. The molecule has 1 aliphatic rings. The molecule has 0 unspecified atom stereocenters. The van der Waals surface area contributed by atoms with Crippen molar-refractivity contribution in [3.05, 3.63) is 90.0 Å². The van der Waals surface area contributed by atoms with Crippen LogP contribution < -0.4 is 20.5 Å². The number of hydrogen-bond acceptors (Lipinski definition) is 5. The normalized spacial score (nSPS) is 17.4. The maximum atomic E-state index is 13.7. The second-order valence-electron chi connectivity index (χ2n) is 9.90. The van der Waals surface area contributed by atoms with Gasteiger partial charge in [-0.1, -0.05) is 42.5 Å². The first-order valence-electron chi connectivity index (χ1n) is 13.3. The van der Waals surface area contributed by atoms with Crippen molar-refractivity contribution >= 4 is 11.8 Å². The van der Waals surface area contributed by atoms with E-state index in [0.29, 0.717) is 31.7 Å². The molecule has 3 aromatic rings. The number of nitrogens with two attached hydrogens (primary N) is 1. The van der Waals surface area contributed by atoms with Crippen LogP contribution in [0.2, 0.25) is 0 Å². The largest absolute Gasteiger partial charge is 0.491 e. The van der Waals surface area contributed by atoms with Crippen LogP contribution in [0.5, 0.6) is 17.2 Å². The summed E-state index contributed by atoms with van der Waals surface area (Å²) in [4.78, 5) is 28.6. The molecule has 3 N–H and O–H groups in total. The van der Waals surface area contributed by atoms with Crippen LogP contribution in [0.1, 0.15) is 44.2 Å². The molecule has 200 valence electrons. The molecular formula is C31H37N3O4. The van der Waals surface area contributed by atoms with Gasteiger partial charge in [0, 0.05) is 13.0 Å². The molecule has 0 radical (unpaired) electrons. The first-order chi connectivity index (χ1) is 18.4. The Labute approximate surface area is 224 Å². The van der Waals surface area contributed by atoms with Gasteiger partial charge in [-0.15, -0.1) is 0 Å². The van der Waals surface area contributed by atoms with E-state index in [1.54, 1.807) is 4.90 Å². The van der Waals surface area contributed by atoms with Gasteiger partial charge >= 0.3 is 0 Å². The van der Waals surface area contributed by atoms with E-state index in [-0.39, 0.29) is 17.9 Å². The molecule has 0 bridgehead atoms.